The molecule has 60 valence electrons. The van der Waals surface area contributed by atoms with E-state index in [0.717, 1.165) is 6.42 Å². The van der Waals surface area contributed by atoms with Gasteiger partial charge in [-0.05, 0) is 13.0 Å². The average Bonchev–Trinajstić information content (AvgIpc) is 1.98. The Kier molecular flexibility index (Phi) is 78.9. The molecular weight excluding hydrogens is 114 g/mol. The number of hydrogen-bond acceptors (Lipinski definition) is 2. The van der Waals surface area contributed by atoms with Crippen molar-refractivity contribution in [3.63, 3.8) is 0 Å². The molecule has 0 fully saturated rings. The molecule has 0 spiro atoms. The van der Waals surface area contributed by atoms with E-state index in [1.54, 1.807) is 0 Å². The molecule has 0 aromatic rings. The Hall–Kier alpha value is -0.0800. The van der Waals surface area contributed by atoms with Crippen LogP contribution in [-0.4, -0.2) is 18.3 Å². The molecule has 0 rings (SSSR count). The minimum absolute atomic E-state index is 0.219. The van der Waals surface area contributed by atoms with Gasteiger partial charge in [-0.2, -0.15) is 0 Å². The van der Waals surface area contributed by atoms with Crippen molar-refractivity contribution in [2.75, 3.05) is 13.2 Å². The van der Waals surface area contributed by atoms with Gasteiger partial charge in [0.15, 0.2) is 0 Å². The molecule has 3 N–H and O–H groups in total. The third-order valence-corrected chi connectivity index (χ3v) is 0.362. The van der Waals surface area contributed by atoms with Gasteiger partial charge < -0.3 is 10.8 Å². The van der Waals surface area contributed by atoms with Crippen LogP contribution in [0.5, 0.6) is 0 Å². The number of aliphatic hydroxyl groups is 1. The van der Waals surface area contributed by atoms with Gasteiger partial charge in [0.1, 0.15) is 0 Å². The highest BCUT2D eigenvalue weighted by molar-refractivity contribution is 4.28. The largest absolute Gasteiger partial charge is 0.396 e. The van der Waals surface area contributed by atoms with E-state index < -0.39 is 0 Å². The number of aliphatic hydroxyl groups excluding tert-OH is 1. The molecule has 0 heterocycles. The van der Waals surface area contributed by atoms with Gasteiger partial charge in [-0.15, -0.1) is 0 Å². The fraction of sp³-hybridized carbons (Fsp3) is 1.00. The van der Waals surface area contributed by atoms with Crippen molar-refractivity contribution in [2.24, 2.45) is 5.73 Å². The van der Waals surface area contributed by atoms with Crippen molar-refractivity contribution < 1.29 is 5.11 Å². The minimum atomic E-state index is 0.219. The van der Waals surface area contributed by atoms with Crippen LogP contribution >= 0.6 is 0 Å². The zero-order valence-electron chi connectivity index (χ0n) is 7.15. The monoisotopic (exact) mass is 135 g/mol. The van der Waals surface area contributed by atoms with Crippen molar-refractivity contribution in [3.05, 3.63) is 0 Å². The van der Waals surface area contributed by atoms with Crippen LogP contribution in [0.1, 0.15) is 34.1 Å². The number of hydrogen-bond donors (Lipinski definition) is 2. The third kappa shape index (κ3) is 75.3. The molecule has 9 heavy (non-hydrogen) atoms. The molecule has 0 atom stereocenters. The van der Waals surface area contributed by atoms with E-state index in [2.05, 4.69) is 0 Å². The molecule has 0 amide bonds. The van der Waals surface area contributed by atoms with Crippen LogP contribution in [0.3, 0.4) is 0 Å². The summed E-state index contributed by atoms with van der Waals surface area (Å²) in [4.78, 5) is 0. The third-order valence-electron chi connectivity index (χ3n) is 0.362. The lowest BCUT2D eigenvalue weighted by Gasteiger charge is -1.80. The van der Waals surface area contributed by atoms with Crippen molar-refractivity contribution in [2.45, 2.75) is 34.1 Å². The molecule has 0 saturated heterocycles. The molecule has 0 aromatic carbocycles. The molecule has 0 saturated carbocycles. The first-order valence-corrected chi connectivity index (χ1v) is 3.72. The second kappa shape index (κ2) is 44.5. The Labute approximate surface area is 59.1 Å². The Morgan fingerprint density at radius 1 is 1.11 bits per heavy atom. The summed E-state index contributed by atoms with van der Waals surface area (Å²) in [6.45, 7) is 8.81. The SMILES string of the molecule is CC.CC.NCCCO. The van der Waals surface area contributed by atoms with E-state index in [-0.39, 0.29) is 6.61 Å². The van der Waals surface area contributed by atoms with Crippen LogP contribution in [-0.2, 0) is 0 Å². The molecule has 0 radical (unpaired) electrons. The molecule has 0 aliphatic heterocycles. The second-order valence-corrected chi connectivity index (χ2v) is 0.866. The highest BCUT2D eigenvalue weighted by Crippen LogP contribution is 1.62. The number of nitrogens with two attached hydrogens (primary N) is 1. The maximum Gasteiger partial charge on any atom is 0.0443 e. The van der Waals surface area contributed by atoms with Crippen LogP contribution in [0.15, 0.2) is 0 Å². The molecular formula is C7H21NO. The second-order valence-electron chi connectivity index (χ2n) is 0.866. The lowest BCUT2D eigenvalue weighted by molar-refractivity contribution is 0.291. The fourth-order valence-electron chi connectivity index (χ4n) is 0.0913. The van der Waals surface area contributed by atoms with Crippen LogP contribution < -0.4 is 5.73 Å². The molecule has 2 heteroatoms. The summed E-state index contributed by atoms with van der Waals surface area (Å²) in [6.07, 6.45) is 0.722. The smallest absolute Gasteiger partial charge is 0.0443 e. The summed E-state index contributed by atoms with van der Waals surface area (Å²) in [6, 6.07) is 0. The van der Waals surface area contributed by atoms with Crippen LogP contribution in [0.25, 0.3) is 0 Å². The molecule has 0 unspecified atom stereocenters. The first-order valence-electron chi connectivity index (χ1n) is 3.72. The summed E-state index contributed by atoms with van der Waals surface area (Å²) in [7, 11) is 0. The van der Waals surface area contributed by atoms with Gasteiger partial charge >= 0.3 is 0 Å². The van der Waals surface area contributed by atoms with Crippen LogP contribution in [0.2, 0.25) is 0 Å². The van der Waals surface area contributed by atoms with Crippen molar-refractivity contribution >= 4 is 0 Å². The van der Waals surface area contributed by atoms with E-state index in [9.17, 15) is 0 Å². The number of rotatable bonds is 2. The van der Waals surface area contributed by atoms with Gasteiger partial charge in [0.2, 0.25) is 0 Å². The molecule has 0 bridgehead atoms. The molecule has 0 aromatic heterocycles. The highest BCUT2D eigenvalue weighted by Gasteiger charge is 1.69. The summed E-state index contributed by atoms with van der Waals surface area (Å²) < 4.78 is 0. The first kappa shape index (κ1) is 16.0. The molecule has 2 nitrogen and oxygen atoms in total. The maximum atomic E-state index is 7.99. The molecule has 0 aliphatic carbocycles. The van der Waals surface area contributed by atoms with Gasteiger partial charge in [0.25, 0.3) is 0 Å². The van der Waals surface area contributed by atoms with E-state index in [4.69, 9.17) is 10.8 Å². The van der Waals surface area contributed by atoms with Crippen molar-refractivity contribution in [1.82, 2.24) is 0 Å². The van der Waals surface area contributed by atoms with Gasteiger partial charge in [-0.25, -0.2) is 0 Å². The molecule has 0 aliphatic rings. The van der Waals surface area contributed by atoms with Gasteiger partial charge in [0, 0.05) is 6.61 Å². The predicted molar refractivity (Wildman–Crippen MR) is 43.5 cm³/mol. The normalized spacial score (nSPS) is 6.00. The van der Waals surface area contributed by atoms with E-state index in [0.29, 0.717) is 6.54 Å². The summed E-state index contributed by atoms with van der Waals surface area (Å²) in [5.74, 6) is 0. The predicted octanol–water partition coefficient (Wildman–Crippen LogP) is 1.38. The van der Waals surface area contributed by atoms with Crippen molar-refractivity contribution in [1.29, 1.82) is 0 Å². The van der Waals surface area contributed by atoms with Crippen molar-refractivity contribution in [3.8, 4) is 0 Å². The van der Waals surface area contributed by atoms with Gasteiger partial charge in [0.05, 0.1) is 0 Å². The summed E-state index contributed by atoms with van der Waals surface area (Å²) in [5, 5.41) is 7.99. The van der Waals surface area contributed by atoms with Crippen LogP contribution in [0, 0.1) is 0 Å². The Bertz CT molecular complexity index is 16.4. The Morgan fingerprint density at radius 2 is 1.44 bits per heavy atom. The van der Waals surface area contributed by atoms with Gasteiger partial charge in [-0.1, -0.05) is 27.7 Å². The van der Waals surface area contributed by atoms with E-state index >= 15 is 0 Å². The zero-order valence-corrected chi connectivity index (χ0v) is 7.15. The zero-order chi connectivity index (χ0) is 8.12. The fourth-order valence-corrected chi connectivity index (χ4v) is 0.0913. The van der Waals surface area contributed by atoms with Crippen LogP contribution in [0.4, 0.5) is 0 Å². The Balaban J connectivity index is -0.0000000771. The average molecular weight is 135 g/mol. The van der Waals surface area contributed by atoms with Gasteiger partial charge in [-0.3, -0.25) is 0 Å². The summed E-state index contributed by atoms with van der Waals surface area (Å²) >= 11 is 0. The maximum absolute atomic E-state index is 7.99. The highest BCUT2D eigenvalue weighted by atomic mass is 16.2. The standard InChI is InChI=1S/C3H9NO.2C2H6/c4-2-1-3-5;2*1-2/h5H,1-4H2;2*1-2H3. The minimum Gasteiger partial charge on any atom is -0.396 e. The topological polar surface area (TPSA) is 46.2 Å². The summed E-state index contributed by atoms with van der Waals surface area (Å²) in [5.41, 5.74) is 4.98. The first-order chi connectivity index (χ1) is 4.41. The quantitative estimate of drug-likeness (QED) is 0.601. The van der Waals surface area contributed by atoms with E-state index in [1.807, 2.05) is 27.7 Å². The lowest BCUT2D eigenvalue weighted by Crippen LogP contribution is -1.99. The Morgan fingerprint density at radius 3 is 1.44 bits per heavy atom. The lowest BCUT2D eigenvalue weighted by atomic mass is 10.5. The van der Waals surface area contributed by atoms with E-state index in [1.165, 1.54) is 0 Å².